The van der Waals surface area contributed by atoms with E-state index in [9.17, 15) is 18.0 Å². The van der Waals surface area contributed by atoms with Crippen LogP contribution in [0.4, 0.5) is 0 Å². The molecule has 2 aromatic rings. The van der Waals surface area contributed by atoms with Gasteiger partial charge in [0.15, 0.2) is 9.84 Å². The minimum atomic E-state index is -3.14. The van der Waals surface area contributed by atoms with Gasteiger partial charge in [0.2, 0.25) is 5.91 Å². The summed E-state index contributed by atoms with van der Waals surface area (Å²) in [6, 6.07) is 6.77. The van der Waals surface area contributed by atoms with E-state index < -0.39 is 9.84 Å². The lowest BCUT2D eigenvalue weighted by Gasteiger charge is -2.31. The molecule has 2 aliphatic rings. The molecule has 1 amide bonds. The first kappa shape index (κ1) is 19.1. The molecule has 150 valence electrons. The predicted octanol–water partition coefficient (Wildman–Crippen LogP) is 0.591. The SMILES string of the molecule is O=C(Cn1c(=O)cnc2ccccc21)N(C[C@H]1CCCO1)[C@H]1CCS(=O)(=O)C1. The molecule has 28 heavy (non-hydrogen) atoms. The topological polar surface area (TPSA) is 98.6 Å². The molecule has 0 aliphatic carbocycles. The number of sulfone groups is 1. The number of hydrogen-bond donors (Lipinski definition) is 0. The van der Waals surface area contributed by atoms with Gasteiger partial charge in [0, 0.05) is 19.2 Å². The molecular weight excluding hydrogens is 382 g/mol. The van der Waals surface area contributed by atoms with Crippen molar-refractivity contribution in [3.8, 4) is 0 Å². The second-order valence-corrected chi connectivity index (χ2v) is 9.64. The Bertz CT molecular complexity index is 1040. The lowest BCUT2D eigenvalue weighted by molar-refractivity contribution is -0.135. The van der Waals surface area contributed by atoms with Crippen LogP contribution in [0.2, 0.25) is 0 Å². The van der Waals surface area contributed by atoms with Crippen LogP contribution in [-0.4, -0.2) is 65.6 Å². The molecule has 1 aromatic heterocycles. The molecule has 1 aromatic carbocycles. The zero-order chi connectivity index (χ0) is 19.7. The average molecular weight is 405 g/mol. The van der Waals surface area contributed by atoms with Crippen molar-refractivity contribution in [3.63, 3.8) is 0 Å². The molecule has 2 fully saturated rings. The summed E-state index contributed by atoms with van der Waals surface area (Å²) in [5, 5.41) is 0. The Morgan fingerprint density at radius 2 is 2.11 bits per heavy atom. The molecular formula is C19H23N3O5S. The number of para-hydroxylation sites is 2. The molecule has 3 heterocycles. The van der Waals surface area contributed by atoms with Crippen LogP contribution in [0.15, 0.2) is 35.3 Å². The Kier molecular flexibility index (Phi) is 5.20. The van der Waals surface area contributed by atoms with Crippen molar-refractivity contribution in [1.29, 1.82) is 0 Å². The Balaban J connectivity index is 1.62. The maximum Gasteiger partial charge on any atom is 0.269 e. The summed E-state index contributed by atoms with van der Waals surface area (Å²) >= 11 is 0. The van der Waals surface area contributed by atoms with Gasteiger partial charge in [-0.3, -0.25) is 14.2 Å². The van der Waals surface area contributed by atoms with Crippen molar-refractivity contribution < 1.29 is 17.9 Å². The summed E-state index contributed by atoms with van der Waals surface area (Å²) in [4.78, 5) is 31.3. The van der Waals surface area contributed by atoms with Gasteiger partial charge >= 0.3 is 0 Å². The van der Waals surface area contributed by atoms with Crippen molar-refractivity contribution in [2.24, 2.45) is 0 Å². The number of nitrogens with zero attached hydrogens (tertiary/aromatic N) is 3. The Morgan fingerprint density at radius 1 is 1.29 bits per heavy atom. The summed E-state index contributed by atoms with van der Waals surface area (Å²) in [6.07, 6.45) is 3.33. The third-order valence-electron chi connectivity index (χ3n) is 5.44. The smallest absolute Gasteiger partial charge is 0.269 e. The zero-order valence-corrected chi connectivity index (χ0v) is 16.3. The van der Waals surface area contributed by atoms with Gasteiger partial charge in [0.1, 0.15) is 6.54 Å². The first-order chi connectivity index (χ1) is 13.4. The number of rotatable bonds is 5. The first-order valence-electron chi connectivity index (χ1n) is 9.49. The number of aromatic nitrogens is 2. The summed E-state index contributed by atoms with van der Waals surface area (Å²) < 4.78 is 31.0. The Labute approximate surface area is 163 Å². The van der Waals surface area contributed by atoms with Crippen molar-refractivity contribution in [1.82, 2.24) is 14.5 Å². The molecule has 0 bridgehead atoms. The number of hydrogen-bond acceptors (Lipinski definition) is 6. The molecule has 0 saturated carbocycles. The summed E-state index contributed by atoms with van der Waals surface area (Å²) in [6.45, 7) is 0.867. The molecule has 0 N–H and O–H groups in total. The van der Waals surface area contributed by atoms with Crippen molar-refractivity contribution in [2.75, 3.05) is 24.7 Å². The molecule has 0 radical (unpaired) electrons. The maximum absolute atomic E-state index is 13.2. The standard InChI is InChI=1S/C19H23N3O5S/c23-18-10-20-16-5-1-2-6-17(16)22(18)12-19(24)21(11-15-4-3-8-27-15)14-7-9-28(25,26)13-14/h1-2,5-6,10,14-15H,3-4,7-9,11-13H2/t14-,15+/m0/s1. The molecule has 0 spiro atoms. The zero-order valence-electron chi connectivity index (χ0n) is 15.5. The highest BCUT2D eigenvalue weighted by Gasteiger charge is 2.36. The quantitative estimate of drug-likeness (QED) is 0.722. The maximum atomic E-state index is 13.2. The summed E-state index contributed by atoms with van der Waals surface area (Å²) in [7, 11) is -3.14. The van der Waals surface area contributed by atoms with Gasteiger partial charge < -0.3 is 9.64 Å². The second kappa shape index (κ2) is 7.63. The Morgan fingerprint density at radius 3 is 2.82 bits per heavy atom. The van der Waals surface area contributed by atoms with Gasteiger partial charge in [-0.2, -0.15) is 0 Å². The molecule has 2 atom stereocenters. The highest BCUT2D eigenvalue weighted by molar-refractivity contribution is 7.91. The Hall–Kier alpha value is -2.26. The van der Waals surface area contributed by atoms with Crippen molar-refractivity contribution in [3.05, 3.63) is 40.8 Å². The van der Waals surface area contributed by atoms with Crippen molar-refractivity contribution in [2.45, 2.75) is 38.0 Å². The fourth-order valence-corrected chi connectivity index (χ4v) is 5.72. The number of ether oxygens (including phenoxy) is 1. The van der Waals surface area contributed by atoms with Crippen LogP contribution in [0.5, 0.6) is 0 Å². The van der Waals surface area contributed by atoms with Crippen LogP contribution in [0, 0.1) is 0 Å². The van der Waals surface area contributed by atoms with Gasteiger partial charge in [-0.25, -0.2) is 13.4 Å². The van der Waals surface area contributed by atoms with E-state index in [2.05, 4.69) is 4.98 Å². The largest absolute Gasteiger partial charge is 0.376 e. The second-order valence-electron chi connectivity index (χ2n) is 7.41. The van der Waals surface area contributed by atoms with Gasteiger partial charge in [-0.05, 0) is 31.4 Å². The van der Waals surface area contributed by atoms with E-state index in [0.717, 1.165) is 12.8 Å². The first-order valence-corrected chi connectivity index (χ1v) is 11.3. The van der Waals surface area contributed by atoms with Crippen LogP contribution in [-0.2, 0) is 25.9 Å². The number of carbonyl (C=O) groups excluding carboxylic acids is 1. The minimum absolute atomic E-state index is 0.0303. The van der Waals surface area contributed by atoms with Gasteiger partial charge in [0.05, 0.1) is 34.8 Å². The summed E-state index contributed by atoms with van der Waals surface area (Å²) in [5.41, 5.74) is 0.853. The average Bonchev–Trinajstić information content (AvgIpc) is 3.31. The number of amides is 1. The van der Waals surface area contributed by atoms with Crippen LogP contribution in [0.25, 0.3) is 11.0 Å². The van der Waals surface area contributed by atoms with E-state index in [4.69, 9.17) is 4.74 Å². The molecule has 9 heteroatoms. The highest BCUT2D eigenvalue weighted by Crippen LogP contribution is 2.22. The summed E-state index contributed by atoms with van der Waals surface area (Å²) in [5.74, 6) is -0.209. The lowest BCUT2D eigenvalue weighted by Crippen LogP contribution is -2.47. The highest BCUT2D eigenvalue weighted by atomic mass is 32.2. The third-order valence-corrected chi connectivity index (χ3v) is 7.19. The minimum Gasteiger partial charge on any atom is -0.376 e. The molecule has 4 rings (SSSR count). The number of benzene rings is 1. The van der Waals surface area contributed by atoms with E-state index in [1.807, 2.05) is 6.07 Å². The van der Waals surface area contributed by atoms with Gasteiger partial charge in [0.25, 0.3) is 5.56 Å². The van der Waals surface area contributed by atoms with E-state index >= 15 is 0 Å². The molecule has 2 saturated heterocycles. The molecule has 8 nitrogen and oxygen atoms in total. The van der Waals surface area contributed by atoms with Crippen LogP contribution in [0.1, 0.15) is 19.3 Å². The monoisotopic (exact) mass is 405 g/mol. The fourth-order valence-electron chi connectivity index (χ4n) is 3.99. The third kappa shape index (κ3) is 3.95. The van der Waals surface area contributed by atoms with E-state index in [-0.39, 0.29) is 41.7 Å². The van der Waals surface area contributed by atoms with E-state index in [1.165, 1.54) is 10.8 Å². The van der Waals surface area contributed by atoms with E-state index in [1.54, 1.807) is 23.1 Å². The van der Waals surface area contributed by atoms with Crippen LogP contribution < -0.4 is 5.56 Å². The number of carbonyl (C=O) groups is 1. The van der Waals surface area contributed by atoms with E-state index in [0.29, 0.717) is 30.6 Å². The van der Waals surface area contributed by atoms with Crippen LogP contribution >= 0.6 is 0 Å². The fraction of sp³-hybridized carbons (Fsp3) is 0.526. The molecule has 0 unspecified atom stereocenters. The lowest BCUT2D eigenvalue weighted by atomic mass is 10.1. The van der Waals surface area contributed by atoms with Gasteiger partial charge in [-0.1, -0.05) is 12.1 Å². The van der Waals surface area contributed by atoms with Crippen LogP contribution in [0.3, 0.4) is 0 Å². The predicted molar refractivity (Wildman–Crippen MR) is 104 cm³/mol. The normalized spacial score (nSPS) is 23.9. The van der Waals surface area contributed by atoms with Crippen molar-refractivity contribution >= 4 is 26.8 Å². The van der Waals surface area contributed by atoms with Gasteiger partial charge in [-0.15, -0.1) is 0 Å². The molecule has 2 aliphatic heterocycles. The number of fused-ring (bicyclic) bond motifs is 1.